The quantitative estimate of drug-likeness (QED) is 0.586. The summed E-state index contributed by atoms with van der Waals surface area (Å²) in [6.45, 7) is 2.85. The van der Waals surface area contributed by atoms with Gasteiger partial charge in [0.1, 0.15) is 0 Å². The normalized spacial score (nSPS) is 13.9. The van der Waals surface area contributed by atoms with E-state index in [2.05, 4.69) is 9.82 Å². The molecule has 31 heavy (non-hydrogen) atoms. The Morgan fingerprint density at radius 1 is 1.16 bits per heavy atom. The van der Waals surface area contributed by atoms with Gasteiger partial charge in [-0.2, -0.15) is 5.10 Å². The zero-order valence-electron chi connectivity index (χ0n) is 17.7. The highest BCUT2D eigenvalue weighted by Gasteiger charge is 2.28. The predicted molar refractivity (Wildman–Crippen MR) is 118 cm³/mol. The molecule has 0 spiro atoms. The van der Waals surface area contributed by atoms with E-state index in [1.54, 1.807) is 30.3 Å². The van der Waals surface area contributed by atoms with Gasteiger partial charge in [-0.3, -0.25) is 9.48 Å². The van der Waals surface area contributed by atoms with Crippen LogP contribution in [0.2, 0.25) is 0 Å². The third-order valence-corrected chi connectivity index (χ3v) is 6.81. The zero-order valence-corrected chi connectivity index (χ0v) is 18.5. The van der Waals surface area contributed by atoms with Crippen molar-refractivity contribution in [1.29, 1.82) is 0 Å². The maximum Gasteiger partial charge on any atom is 0.254 e. The maximum absolute atomic E-state index is 13.1. The summed E-state index contributed by atoms with van der Waals surface area (Å²) < 4.78 is 29.6. The number of benzene rings is 2. The average Bonchev–Trinajstić information content (AvgIpc) is 3.44. The van der Waals surface area contributed by atoms with E-state index in [4.69, 9.17) is 0 Å². The summed E-state index contributed by atoms with van der Waals surface area (Å²) in [7, 11) is -1.91. The first-order valence-corrected chi connectivity index (χ1v) is 11.7. The van der Waals surface area contributed by atoms with E-state index in [9.17, 15) is 13.2 Å². The third-order valence-electron chi connectivity index (χ3n) is 5.29. The molecule has 0 bridgehead atoms. The van der Waals surface area contributed by atoms with Crippen LogP contribution in [0.1, 0.15) is 39.9 Å². The lowest BCUT2D eigenvalue weighted by molar-refractivity contribution is 0.0784. The lowest BCUT2D eigenvalue weighted by Gasteiger charge is -2.18. The minimum absolute atomic E-state index is 0.0144. The van der Waals surface area contributed by atoms with E-state index >= 15 is 0 Å². The summed E-state index contributed by atoms with van der Waals surface area (Å²) in [4.78, 5) is 14.8. The van der Waals surface area contributed by atoms with Crippen molar-refractivity contribution >= 4 is 15.9 Å². The molecule has 1 heterocycles. The second-order valence-electron chi connectivity index (χ2n) is 8.07. The molecule has 0 aliphatic heterocycles. The van der Waals surface area contributed by atoms with Crippen molar-refractivity contribution in [3.8, 4) is 0 Å². The molecule has 0 radical (unpaired) electrons. The first kappa shape index (κ1) is 21.3. The topological polar surface area (TPSA) is 84.3 Å². The second kappa shape index (κ2) is 8.64. The van der Waals surface area contributed by atoms with Crippen molar-refractivity contribution in [2.75, 3.05) is 7.05 Å². The zero-order chi connectivity index (χ0) is 22.0. The maximum atomic E-state index is 13.1. The number of hydrogen-bond donors (Lipinski definition) is 1. The molecule has 1 amide bonds. The molecule has 0 unspecified atom stereocenters. The lowest BCUT2D eigenvalue weighted by Crippen LogP contribution is -2.28. The van der Waals surface area contributed by atoms with Gasteiger partial charge in [-0.25, -0.2) is 13.1 Å². The molecule has 1 aliphatic rings. The highest BCUT2D eigenvalue weighted by Crippen LogP contribution is 2.24. The van der Waals surface area contributed by atoms with E-state index in [0.717, 1.165) is 29.5 Å². The van der Waals surface area contributed by atoms with Crippen molar-refractivity contribution in [2.45, 2.75) is 43.8 Å². The number of nitrogens with one attached hydrogen (secondary N) is 1. The van der Waals surface area contributed by atoms with Crippen LogP contribution in [0, 0.1) is 6.92 Å². The van der Waals surface area contributed by atoms with Gasteiger partial charge in [-0.1, -0.05) is 36.4 Å². The third kappa shape index (κ3) is 5.21. The van der Waals surface area contributed by atoms with Crippen LogP contribution in [0.3, 0.4) is 0 Å². The Morgan fingerprint density at radius 2 is 1.90 bits per heavy atom. The predicted octanol–water partition coefficient (Wildman–Crippen LogP) is 2.95. The molecular weight excluding hydrogens is 412 g/mol. The van der Waals surface area contributed by atoms with Gasteiger partial charge in [0.25, 0.3) is 5.91 Å². The van der Waals surface area contributed by atoms with Crippen LogP contribution < -0.4 is 4.72 Å². The van der Waals surface area contributed by atoms with E-state index in [0.29, 0.717) is 18.7 Å². The Hall–Kier alpha value is -2.97. The Balaban J connectivity index is 1.46. The van der Waals surface area contributed by atoms with Gasteiger partial charge in [0.05, 0.1) is 17.6 Å². The van der Waals surface area contributed by atoms with Crippen LogP contribution >= 0.6 is 0 Å². The number of carbonyl (C=O) groups is 1. The summed E-state index contributed by atoms with van der Waals surface area (Å²) in [5.41, 5.74) is 3.18. The highest BCUT2D eigenvalue weighted by atomic mass is 32.2. The van der Waals surface area contributed by atoms with Gasteiger partial charge in [-0.05, 0) is 43.0 Å². The van der Waals surface area contributed by atoms with Crippen molar-refractivity contribution < 1.29 is 13.2 Å². The number of hydrogen-bond acceptors (Lipinski definition) is 4. The van der Waals surface area contributed by atoms with Crippen molar-refractivity contribution in [3.63, 3.8) is 0 Å². The molecule has 2 aromatic carbocycles. The summed E-state index contributed by atoms with van der Waals surface area (Å²) in [6, 6.07) is 14.7. The smallest absolute Gasteiger partial charge is 0.254 e. The largest absolute Gasteiger partial charge is 0.337 e. The standard InChI is InChI=1S/C23H26N4O3S/c1-17-8-11-21(31(29,30)25-20-9-10-20)12-22(17)23(28)26(2)14-19-13-24-27(16-19)15-18-6-4-3-5-7-18/h3-8,11-13,16,20,25H,9-10,14-15H2,1-2H3. The molecule has 3 aromatic rings. The molecule has 1 aromatic heterocycles. The fourth-order valence-electron chi connectivity index (χ4n) is 3.38. The molecule has 8 heteroatoms. The number of nitrogens with zero attached hydrogens (tertiary/aromatic N) is 3. The number of aromatic nitrogens is 2. The van der Waals surface area contributed by atoms with Crippen molar-refractivity contribution in [2.24, 2.45) is 0 Å². The molecule has 162 valence electrons. The molecule has 1 fully saturated rings. The van der Waals surface area contributed by atoms with Crippen LogP contribution in [0.25, 0.3) is 0 Å². The minimum atomic E-state index is -3.61. The van der Waals surface area contributed by atoms with Crippen LogP contribution in [-0.4, -0.2) is 42.1 Å². The number of carbonyl (C=O) groups excluding carboxylic acids is 1. The molecule has 1 saturated carbocycles. The highest BCUT2D eigenvalue weighted by molar-refractivity contribution is 7.89. The van der Waals surface area contributed by atoms with E-state index < -0.39 is 10.0 Å². The summed E-state index contributed by atoms with van der Waals surface area (Å²) >= 11 is 0. The van der Waals surface area contributed by atoms with E-state index in [1.165, 1.54) is 6.07 Å². The Morgan fingerprint density at radius 3 is 2.61 bits per heavy atom. The van der Waals surface area contributed by atoms with Gasteiger partial charge in [0.15, 0.2) is 0 Å². The van der Waals surface area contributed by atoms with Crippen LogP contribution in [0.15, 0.2) is 65.8 Å². The van der Waals surface area contributed by atoms with Gasteiger partial charge in [-0.15, -0.1) is 0 Å². The molecule has 1 aliphatic carbocycles. The van der Waals surface area contributed by atoms with Crippen molar-refractivity contribution in [3.05, 3.63) is 83.2 Å². The fourth-order valence-corrected chi connectivity index (χ4v) is 4.71. The van der Waals surface area contributed by atoms with Crippen LogP contribution in [-0.2, 0) is 23.1 Å². The van der Waals surface area contributed by atoms with Crippen LogP contribution in [0.5, 0.6) is 0 Å². The Bertz CT molecular complexity index is 1180. The molecular formula is C23H26N4O3S. The number of aryl methyl sites for hydroxylation is 1. The summed E-state index contributed by atoms with van der Waals surface area (Å²) in [5.74, 6) is -0.225. The van der Waals surface area contributed by atoms with Gasteiger partial charge < -0.3 is 4.90 Å². The number of rotatable bonds is 8. The Labute approximate surface area is 182 Å². The van der Waals surface area contributed by atoms with Crippen LogP contribution in [0.4, 0.5) is 0 Å². The summed E-state index contributed by atoms with van der Waals surface area (Å²) in [6.07, 6.45) is 5.39. The molecule has 0 saturated heterocycles. The average molecular weight is 439 g/mol. The number of amides is 1. The molecule has 7 nitrogen and oxygen atoms in total. The second-order valence-corrected chi connectivity index (χ2v) is 9.78. The van der Waals surface area contributed by atoms with E-state index in [-0.39, 0.29) is 16.8 Å². The lowest BCUT2D eigenvalue weighted by atomic mass is 10.1. The van der Waals surface area contributed by atoms with Gasteiger partial charge >= 0.3 is 0 Å². The Kier molecular flexibility index (Phi) is 5.93. The first-order chi connectivity index (χ1) is 14.8. The molecule has 0 atom stereocenters. The van der Waals surface area contributed by atoms with Gasteiger partial charge in [0.2, 0.25) is 10.0 Å². The van der Waals surface area contributed by atoms with Gasteiger partial charge in [0, 0.05) is 37.0 Å². The SMILES string of the molecule is Cc1ccc(S(=O)(=O)NC2CC2)cc1C(=O)N(C)Cc1cnn(Cc2ccccc2)c1. The minimum Gasteiger partial charge on any atom is -0.337 e. The fraction of sp³-hybridized carbons (Fsp3) is 0.304. The molecule has 4 rings (SSSR count). The number of sulfonamides is 1. The summed E-state index contributed by atoms with van der Waals surface area (Å²) in [5, 5.41) is 4.39. The molecule has 1 N–H and O–H groups in total. The van der Waals surface area contributed by atoms with Crippen molar-refractivity contribution in [1.82, 2.24) is 19.4 Å². The first-order valence-electron chi connectivity index (χ1n) is 10.3. The monoisotopic (exact) mass is 438 g/mol. The van der Waals surface area contributed by atoms with E-state index in [1.807, 2.05) is 48.1 Å².